The van der Waals surface area contributed by atoms with Crippen LogP contribution in [-0.4, -0.2) is 95.9 Å². The van der Waals surface area contributed by atoms with Crippen molar-refractivity contribution in [2.75, 3.05) is 39.6 Å². The number of hydrogen-bond donors (Lipinski definition) is 4. The predicted molar refractivity (Wildman–Crippen MR) is 399 cm³/mol. The van der Waals surface area contributed by atoms with E-state index in [1.807, 2.05) is 12.2 Å². The number of ether oxygens (including phenoxy) is 3. The molecule has 0 spiro atoms. The van der Waals surface area contributed by atoms with Crippen molar-refractivity contribution in [1.82, 2.24) is 0 Å². The molecule has 0 aromatic carbocycles. The van der Waals surface area contributed by atoms with Crippen molar-refractivity contribution in [3.8, 4) is 0 Å². The summed E-state index contributed by atoms with van der Waals surface area (Å²) in [4.78, 5) is 58.4. The highest BCUT2D eigenvalue weighted by molar-refractivity contribution is 7.47. The van der Waals surface area contributed by atoms with E-state index in [0.717, 1.165) is 148 Å². The van der Waals surface area contributed by atoms with Gasteiger partial charge in [0, 0.05) is 19.3 Å². The molecule has 18 heteroatoms. The minimum absolute atomic E-state index is 0.0717. The normalized spacial score (nSPS) is 15.0. The number of aliphatic hydroxyl groups is 2. The highest BCUT2D eigenvalue weighted by Crippen LogP contribution is 2.45. The second-order valence-corrected chi connectivity index (χ2v) is 26.9. The molecule has 0 saturated carbocycles. The first-order chi connectivity index (χ1) is 47.2. The fourth-order valence-corrected chi connectivity index (χ4v) is 10.8. The average molecular weight is 1400 g/mol. The number of esters is 3. The van der Waals surface area contributed by atoms with Gasteiger partial charge < -0.3 is 34.2 Å². The van der Waals surface area contributed by atoms with Crippen LogP contribution in [0.4, 0.5) is 0 Å². The van der Waals surface area contributed by atoms with Crippen LogP contribution >= 0.6 is 15.6 Å². The van der Waals surface area contributed by atoms with E-state index in [1.165, 1.54) is 51.4 Å². The Hall–Kier alpha value is -4.83. The fourth-order valence-electron chi connectivity index (χ4n) is 9.18. The van der Waals surface area contributed by atoms with E-state index in [-0.39, 0.29) is 19.3 Å². The molecule has 0 aliphatic rings. The summed E-state index contributed by atoms with van der Waals surface area (Å²) in [6, 6.07) is 0. The highest BCUT2D eigenvalue weighted by atomic mass is 31.2. The van der Waals surface area contributed by atoms with E-state index in [9.17, 15) is 43.5 Å². The SMILES string of the molecule is CC/C=C\C/C=C\C/C=C\C/C=C\C/C=C\C/C=C\CCCCCCCCCCCCCCC(=O)OCC(O)COP(=O)(O)OCC(O)COP(=O)(O)OCC(COC(=O)CCC/C=C\C/C=C\C/C=C\C/C=C\C/C=C\CC)OC(=O)CCCCCCC/C=C\C/C=C\CCC. The van der Waals surface area contributed by atoms with Gasteiger partial charge in [0.15, 0.2) is 6.10 Å². The first-order valence-corrected chi connectivity index (χ1v) is 39.8. The molecule has 0 fully saturated rings. The van der Waals surface area contributed by atoms with Crippen molar-refractivity contribution in [2.45, 2.75) is 283 Å². The molecular weight excluding hydrogens is 1270 g/mol. The average Bonchev–Trinajstić information content (AvgIpc) is 1.62. The van der Waals surface area contributed by atoms with Crippen LogP contribution in [-0.2, 0) is 55.8 Å². The maximum absolute atomic E-state index is 12.9. The number of allylic oxidation sites excluding steroid dienone is 26. The number of rotatable bonds is 68. The van der Waals surface area contributed by atoms with E-state index < -0.39 is 91.5 Å². The summed E-state index contributed by atoms with van der Waals surface area (Å²) in [6.07, 6.45) is 87.5. The standard InChI is InChI=1S/C79H130O16P2/c1-4-7-10-13-16-19-22-25-27-29-30-31-32-33-34-35-36-37-38-39-40-41-42-44-46-48-50-53-56-59-62-65-77(82)89-68-74(80)69-91-96(85,86)92-70-75(81)71-93-97(87,88)94-73-76(95-79(84)67-64-61-58-55-52-47-24-21-18-15-12-9-6-3)72-90-78(83)66-63-60-57-54-51-49-45-43-28-26-23-20-17-14-11-8-5-2/h7-8,10-12,15-17,19-21,24-28,30-31,33-34,36-37,45,49,54,57,74-76,80-81H,4-6,9,13-14,18,22-23,29,32,35,38-44,46-48,50-53,55-56,58-73H2,1-3H3,(H,85,86)(H,87,88)/b10-7-,11-8-,15-12-,19-16-,20-17-,24-21-,27-25-,28-26-,31-30-,34-33-,37-36-,49-45-,57-54-. The summed E-state index contributed by atoms with van der Waals surface area (Å²) in [5, 5.41) is 20.6. The Morgan fingerprint density at radius 2 is 0.557 bits per heavy atom. The van der Waals surface area contributed by atoms with Crippen LogP contribution in [0.25, 0.3) is 0 Å². The summed E-state index contributed by atoms with van der Waals surface area (Å²) in [5.74, 6) is -1.67. The Labute approximate surface area is 587 Å². The Kier molecular flexibility index (Phi) is 67.5. The number of hydrogen-bond acceptors (Lipinski definition) is 14. The third-order valence-electron chi connectivity index (χ3n) is 14.7. The smallest absolute Gasteiger partial charge is 0.463 e. The number of aliphatic hydroxyl groups excluding tert-OH is 2. The second-order valence-electron chi connectivity index (χ2n) is 24.0. The first-order valence-electron chi connectivity index (χ1n) is 36.8. The van der Waals surface area contributed by atoms with E-state index in [4.69, 9.17) is 32.3 Å². The molecule has 0 amide bonds. The van der Waals surface area contributed by atoms with Crippen LogP contribution in [0.2, 0.25) is 0 Å². The Morgan fingerprint density at radius 3 is 0.907 bits per heavy atom. The fraction of sp³-hybridized carbons (Fsp3) is 0.633. The molecule has 0 aromatic rings. The summed E-state index contributed by atoms with van der Waals surface area (Å²) >= 11 is 0. The van der Waals surface area contributed by atoms with Gasteiger partial charge in [-0.15, -0.1) is 0 Å². The lowest BCUT2D eigenvalue weighted by Gasteiger charge is -2.21. The number of carbonyl (C=O) groups excluding carboxylic acids is 3. The van der Waals surface area contributed by atoms with Crippen molar-refractivity contribution in [3.63, 3.8) is 0 Å². The summed E-state index contributed by atoms with van der Waals surface area (Å²) in [5.41, 5.74) is 0. The van der Waals surface area contributed by atoms with Gasteiger partial charge in [0.25, 0.3) is 0 Å². The monoisotopic (exact) mass is 1400 g/mol. The van der Waals surface area contributed by atoms with E-state index >= 15 is 0 Å². The minimum atomic E-state index is -4.94. The minimum Gasteiger partial charge on any atom is -0.463 e. The first kappa shape index (κ1) is 92.2. The molecule has 4 N–H and O–H groups in total. The lowest BCUT2D eigenvalue weighted by atomic mass is 10.0. The van der Waals surface area contributed by atoms with Gasteiger partial charge in [0.05, 0.1) is 26.4 Å². The molecule has 0 aliphatic carbocycles. The van der Waals surface area contributed by atoms with Gasteiger partial charge in [-0.05, 0) is 135 Å². The van der Waals surface area contributed by atoms with Crippen molar-refractivity contribution in [1.29, 1.82) is 0 Å². The van der Waals surface area contributed by atoms with Crippen molar-refractivity contribution in [3.05, 3.63) is 158 Å². The second kappa shape index (κ2) is 71.0. The van der Waals surface area contributed by atoms with Crippen LogP contribution in [0.1, 0.15) is 265 Å². The highest BCUT2D eigenvalue weighted by Gasteiger charge is 2.29. The van der Waals surface area contributed by atoms with Crippen LogP contribution in [0, 0.1) is 0 Å². The van der Waals surface area contributed by atoms with Crippen LogP contribution in [0.3, 0.4) is 0 Å². The molecule has 0 heterocycles. The molecule has 0 bridgehead atoms. The third kappa shape index (κ3) is 72.2. The number of phosphoric ester groups is 2. The molecule has 552 valence electrons. The Balaban J connectivity index is 4.50. The zero-order valence-corrected chi connectivity index (χ0v) is 61.7. The van der Waals surface area contributed by atoms with Gasteiger partial charge >= 0.3 is 33.6 Å². The zero-order chi connectivity index (χ0) is 70.9. The number of phosphoric acid groups is 2. The molecule has 16 nitrogen and oxygen atoms in total. The number of carbonyl (C=O) groups is 3. The predicted octanol–water partition coefficient (Wildman–Crippen LogP) is 21.1. The van der Waals surface area contributed by atoms with Crippen LogP contribution < -0.4 is 0 Å². The Bertz CT molecular complexity index is 2400. The number of unbranched alkanes of at least 4 members (excludes halogenated alkanes) is 19. The molecule has 5 atom stereocenters. The van der Waals surface area contributed by atoms with E-state index in [0.29, 0.717) is 25.7 Å². The zero-order valence-electron chi connectivity index (χ0n) is 59.9. The molecule has 0 aromatic heterocycles. The summed E-state index contributed by atoms with van der Waals surface area (Å²) in [6.45, 7) is 2.27. The lowest BCUT2D eigenvalue weighted by molar-refractivity contribution is -0.161. The molecule has 0 radical (unpaired) electrons. The molecule has 5 unspecified atom stereocenters. The Morgan fingerprint density at radius 1 is 0.299 bits per heavy atom. The van der Waals surface area contributed by atoms with E-state index in [2.05, 4.69) is 167 Å². The van der Waals surface area contributed by atoms with Gasteiger partial charge in [-0.2, -0.15) is 0 Å². The third-order valence-corrected chi connectivity index (χ3v) is 16.6. The van der Waals surface area contributed by atoms with Crippen LogP contribution in [0.5, 0.6) is 0 Å². The summed E-state index contributed by atoms with van der Waals surface area (Å²) < 4.78 is 60.9. The molecule has 0 saturated heterocycles. The van der Waals surface area contributed by atoms with Crippen molar-refractivity contribution < 1.29 is 75.8 Å². The maximum Gasteiger partial charge on any atom is 0.472 e. The van der Waals surface area contributed by atoms with Crippen LogP contribution in [0.15, 0.2) is 158 Å². The summed E-state index contributed by atoms with van der Waals surface area (Å²) in [7, 11) is -9.81. The molecule has 97 heavy (non-hydrogen) atoms. The maximum atomic E-state index is 12.9. The van der Waals surface area contributed by atoms with Gasteiger partial charge in [0.2, 0.25) is 0 Å². The molecule has 0 rings (SSSR count). The van der Waals surface area contributed by atoms with E-state index in [1.54, 1.807) is 0 Å². The van der Waals surface area contributed by atoms with Crippen molar-refractivity contribution in [2.24, 2.45) is 0 Å². The molecular formula is C79H130O16P2. The quantitative estimate of drug-likeness (QED) is 0.0146. The van der Waals surface area contributed by atoms with Gasteiger partial charge in [-0.1, -0.05) is 269 Å². The van der Waals surface area contributed by atoms with Gasteiger partial charge in [-0.25, -0.2) is 9.13 Å². The van der Waals surface area contributed by atoms with Crippen molar-refractivity contribution >= 4 is 33.6 Å². The lowest BCUT2D eigenvalue weighted by Crippen LogP contribution is -2.30. The van der Waals surface area contributed by atoms with Gasteiger partial charge in [-0.3, -0.25) is 32.5 Å². The largest absolute Gasteiger partial charge is 0.472 e. The van der Waals surface area contributed by atoms with Gasteiger partial charge in [0.1, 0.15) is 25.4 Å². The topological polar surface area (TPSA) is 231 Å². The molecule has 0 aliphatic heterocycles.